The highest BCUT2D eigenvalue weighted by Crippen LogP contribution is 2.30. The van der Waals surface area contributed by atoms with Crippen LogP contribution in [0.2, 0.25) is 0 Å². The molecule has 15 nitrogen and oxygen atoms in total. The first kappa shape index (κ1) is 45.4. The van der Waals surface area contributed by atoms with Crippen LogP contribution in [0.25, 0.3) is 0 Å². The highest BCUT2D eigenvalue weighted by Gasteiger charge is 2.44. The van der Waals surface area contributed by atoms with E-state index in [1.807, 2.05) is 22.6 Å². The maximum Gasteiger partial charge on any atom is 0.277 e. The monoisotopic (exact) mass is 939 g/mol. The number of carbonyl (C=O) groups excluding carboxylic acids is 5. The van der Waals surface area contributed by atoms with Crippen LogP contribution in [0, 0.1) is 21.0 Å². The molecule has 0 aliphatic carbocycles. The first-order valence-corrected chi connectivity index (χ1v) is 20.2. The summed E-state index contributed by atoms with van der Waals surface area (Å²) in [5.74, 6) is -6.20. The lowest BCUT2D eigenvalue weighted by Crippen LogP contribution is -2.54. The Morgan fingerprint density at radius 2 is 1.41 bits per heavy atom. The topological polar surface area (TPSA) is 183 Å². The van der Waals surface area contributed by atoms with Crippen molar-refractivity contribution < 1.29 is 60.9 Å². The van der Waals surface area contributed by atoms with Gasteiger partial charge in [0.1, 0.15) is 11.9 Å². The minimum Gasteiger partial charge on any atom is -0.383 e. The molecule has 5 amide bonds. The molecule has 0 radical (unpaired) electrons. The van der Waals surface area contributed by atoms with E-state index in [4.69, 9.17) is 23.8 Å². The van der Waals surface area contributed by atoms with Crippen molar-refractivity contribution in [2.45, 2.75) is 44.6 Å². The summed E-state index contributed by atoms with van der Waals surface area (Å²) in [7, 11) is 0. The van der Waals surface area contributed by atoms with Gasteiger partial charge in [-0.05, 0) is 90.4 Å². The van der Waals surface area contributed by atoms with Crippen molar-refractivity contribution in [3.63, 3.8) is 0 Å². The fraction of sp³-hybridized carbons (Fsp3) is 0.425. The number of unbranched alkanes of at least 4 members (excludes halogenated alkanes) is 3. The number of nitrogens with one attached hydrogen (secondary N) is 4. The molecule has 3 aromatic carbocycles. The van der Waals surface area contributed by atoms with Gasteiger partial charge in [0, 0.05) is 28.8 Å². The van der Waals surface area contributed by atoms with E-state index in [2.05, 4.69) is 21.4 Å². The van der Waals surface area contributed by atoms with Gasteiger partial charge in [0.25, 0.3) is 17.7 Å². The summed E-state index contributed by atoms with van der Waals surface area (Å²) >= 11 is 1.92. The predicted octanol–water partition coefficient (Wildman–Crippen LogP) is 5.25. The number of halogens is 4. The number of fused-ring (bicyclic) bond motifs is 1. The number of imide groups is 2. The zero-order valence-corrected chi connectivity index (χ0v) is 34.2. The molecular formula is C40H45F3IN5O10. The van der Waals surface area contributed by atoms with Crippen LogP contribution in [0.1, 0.15) is 69.6 Å². The Hall–Kier alpha value is -4.67. The third-order valence-electron chi connectivity index (χ3n) is 9.11. The van der Waals surface area contributed by atoms with Crippen LogP contribution in [0.4, 0.5) is 30.2 Å². The van der Waals surface area contributed by atoms with Crippen molar-refractivity contribution in [2.24, 2.45) is 0 Å². The average Bonchev–Trinajstić information content (AvgIpc) is 3.45. The molecule has 4 N–H and O–H groups in total. The van der Waals surface area contributed by atoms with Crippen molar-refractivity contribution in [3.05, 3.63) is 86.2 Å². The van der Waals surface area contributed by atoms with Gasteiger partial charge in [-0.2, -0.15) is 0 Å². The molecule has 59 heavy (non-hydrogen) atoms. The average molecular weight is 940 g/mol. The molecular weight excluding hydrogens is 894 g/mol. The largest absolute Gasteiger partial charge is 0.383 e. The second-order valence-electron chi connectivity index (χ2n) is 13.3. The van der Waals surface area contributed by atoms with Gasteiger partial charge in [-0.3, -0.25) is 39.0 Å². The minimum atomic E-state index is -1.32. The molecule has 1 atom stereocenters. The number of anilines is 3. The van der Waals surface area contributed by atoms with Crippen molar-refractivity contribution in [3.8, 4) is 0 Å². The summed E-state index contributed by atoms with van der Waals surface area (Å²) in [6.07, 6.45) is 3.30. The van der Waals surface area contributed by atoms with Crippen LogP contribution in [-0.4, -0.2) is 106 Å². The molecule has 0 bridgehead atoms. The molecule has 1 saturated heterocycles. The van der Waals surface area contributed by atoms with Gasteiger partial charge >= 0.3 is 0 Å². The van der Waals surface area contributed by atoms with Crippen LogP contribution in [0.3, 0.4) is 0 Å². The van der Waals surface area contributed by atoms with E-state index in [1.165, 1.54) is 12.1 Å². The highest BCUT2D eigenvalue weighted by atomic mass is 127. The van der Waals surface area contributed by atoms with Crippen molar-refractivity contribution >= 4 is 69.2 Å². The van der Waals surface area contributed by atoms with Crippen LogP contribution in [-0.2, 0) is 33.4 Å². The Bertz CT molecular complexity index is 1980. The lowest BCUT2D eigenvalue weighted by molar-refractivity contribution is -0.136. The van der Waals surface area contributed by atoms with Crippen LogP contribution >= 0.6 is 22.6 Å². The normalized spacial score (nSPS) is 15.1. The molecule has 5 rings (SSSR count). The molecule has 1 unspecified atom stereocenters. The number of ether oxygens (including phenoxy) is 4. The van der Waals surface area contributed by atoms with E-state index in [1.54, 1.807) is 24.3 Å². The molecule has 0 saturated carbocycles. The van der Waals surface area contributed by atoms with E-state index in [0.29, 0.717) is 75.1 Å². The van der Waals surface area contributed by atoms with Crippen LogP contribution in [0.5, 0.6) is 0 Å². The molecule has 0 aromatic heterocycles. The number of amides is 5. The third-order valence-corrected chi connectivity index (χ3v) is 9.78. The van der Waals surface area contributed by atoms with Gasteiger partial charge in [-0.25, -0.2) is 18.7 Å². The summed E-state index contributed by atoms with van der Waals surface area (Å²) in [5, 5.41) is 7.80. The van der Waals surface area contributed by atoms with E-state index in [0.717, 1.165) is 36.3 Å². The number of rotatable bonds is 25. The van der Waals surface area contributed by atoms with E-state index < -0.39 is 58.7 Å². The van der Waals surface area contributed by atoms with Gasteiger partial charge in [-0.15, -0.1) is 0 Å². The van der Waals surface area contributed by atoms with Gasteiger partial charge in [0.2, 0.25) is 11.8 Å². The fourth-order valence-corrected chi connectivity index (χ4v) is 6.55. The summed E-state index contributed by atoms with van der Waals surface area (Å²) in [4.78, 5) is 68.3. The first-order chi connectivity index (χ1) is 28.5. The Morgan fingerprint density at radius 1 is 0.746 bits per heavy atom. The Kier molecular flexibility index (Phi) is 17.9. The van der Waals surface area contributed by atoms with Crippen molar-refractivity contribution in [2.75, 3.05) is 76.6 Å². The summed E-state index contributed by atoms with van der Waals surface area (Å²) in [5.41, 5.74) is 2.40. The van der Waals surface area contributed by atoms with Gasteiger partial charge in [0.15, 0.2) is 11.6 Å². The summed E-state index contributed by atoms with van der Waals surface area (Å²) < 4.78 is 65.6. The second kappa shape index (κ2) is 23.2. The fourth-order valence-electron chi connectivity index (χ4n) is 6.10. The molecule has 318 valence electrons. The number of hydrogen-bond donors (Lipinski definition) is 4. The number of carbonyl (C=O) groups is 5. The van der Waals surface area contributed by atoms with Gasteiger partial charge < -0.3 is 29.6 Å². The molecule has 19 heteroatoms. The highest BCUT2D eigenvalue weighted by molar-refractivity contribution is 14.1. The zero-order valence-electron chi connectivity index (χ0n) is 32.1. The van der Waals surface area contributed by atoms with Crippen molar-refractivity contribution in [1.29, 1.82) is 0 Å². The second-order valence-corrected chi connectivity index (χ2v) is 14.6. The maximum absolute atomic E-state index is 14.6. The quantitative estimate of drug-likeness (QED) is 0.0376. The molecule has 2 aliphatic heterocycles. The minimum absolute atomic E-state index is 0.0581. The Morgan fingerprint density at radius 3 is 2.10 bits per heavy atom. The summed E-state index contributed by atoms with van der Waals surface area (Å²) in [6.45, 7) is 3.99. The molecule has 3 aromatic rings. The lowest BCUT2D eigenvalue weighted by Gasteiger charge is -2.27. The zero-order chi connectivity index (χ0) is 42.1. The number of piperidine rings is 1. The lowest BCUT2D eigenvalue weighted by atomic mass is 10.0. The Balaban J connectivity index is 0.810. The van der Waals surface area contributed by atoms with E-state index >= 15 is 0 Å². The van der Waals surface area contributed by atoms with Crippen LogP contribution in [0.15, 0.2) is 48.5 Å². The number of hydrogen-bond acceptors (Lipinski definition) is 12. The third kappa shape index (κ3) is 13.2. The predicted molar refractivity (Wildman–Crippen MR) is 216 cm³/mol. The van der Waals surface area contributed by atoms with E-state index in [9.17, 15) is 37.1 Å². The van der Waals surface area contributed by atoms with Gasteiger partial charge in [0.05, 0.1) is 80.9 Å². The SMILES string of the molecule is O=C1CCC(N2C(=O)c3ccc(NCCOCCOCCOCCOCCCCCCONC(=O)c4ccc(F)c(F)c4Nc4ccc(I)cc4F)cc3C2=O)C(=O)N1. The van der Waals surface area contributed by atoms with E-state index in [-0.39, 0.29) is 41.8 Å². The molecule has 0 spiro atoms. The number of benzene rings is 3. The molecule has 1 fully saturated rings. The molecule has 2 heterocycles. The smallest absolute Gasteiger partial charge is 0.277 e. The Labute approximate surface area is 352 Å². The molecule has 2 aliphatic rings. The maximum atomic E-state index is 14.6. The van der Waals surface area contributed by atoms with Crippen LogP contribution < -0.4 is 21.4 Å². The standard InChI is InChI=1S/C40H45F3IN5O10/c41-30-9-8-28(36(35(30)43)46-32-10-5-25(44)23-31(32)42)37(51)48-59-15-4-2-1-3-14-55-17-19-57-21-22-58-20-18-56-16-13-45-26-6-7-27-29(24-26)40(54)49(39(27)53)33-11-12-34(50)47-38(33)52/h5-10,23-24,33,45-46H,1-4,11-22H2,(H,48,51)(H,47,50,52). The van der Waals surface area contributed by atoms with Crippen molar-refractivity contribution in [1.82, 2.24) is 15.7 Å². The number of hydroxylamine groups is 1. The van der Waals surface area contributed by atoms with Gasteiger partial charge in [-0.1, -0.05) is 12.8 Å². The summed E-state index contributed by atoms with van der Waals surface area (Å²) in [6, 6.07) is 9.84. The first-order valence-electron chi connectivity index (χ1n) is 19.1. The number of nitrogens with zero attached hydrogens (tertiary/aromatic N) is 1.